The van der Waals surface area contributed by atoms with E-state index >= 15 is 0 Å². The van der Waals surface area contributed by atoms with Crippen LogP contribution in [-0.4, -0.2) is 49.4 Å². The number of aromatic hydroxyl groups is 1. The molecule has 0 saturated carbocycles. The number of anilines is 1. The number of halogens is 2. The molecule has 1 aliphatic heterocycles. The number of phenolic OH excluding ortho intramolecular Hbond substituents is 1. The van der Waals surface area contributed by atoms with Crippen LogP contribution in [0.1, 0.15) is 24.2 Å². The normalized spacial score (nSPS) is 17.5. The summed E-state index contributed by atoms with van der Waals surface area (Å²) in [5.74, 6) is -2.58. The van der Waals surface area contributed by atoms with Gasteiger partial charge in [-0.3, -0.25) is 14.5 Å². The first-order valence-corrected chi connectivity index (χ1v) is 10.0. The van der Waals surface area contributed by atoms with E-state index in [-0.39, 0.29) is 32.1 Å². The fraction of sp³-hybridized carbons (Fsp3) is 0.222. The van der Waals surface area contributed by atoms with Crippen molar-refractivity contribution in [2.75, 3.05) is 12.8 Å². The molecule has 30 heavy (non-hydrogen) atoms. The van der Waals surface area contributed by atoms with E-state index in [4.69, 9.17) is 10.5 Å². The quantitative estimate of drug-likeness (QED) is 0.530. The van der Waals surface area contributed by atoms with Crippen molar-refractivity contribution in [1.82, 2.24) is 14.9 Å². The number of hydrogen-bond donors (Lipinski definition) is 3. The molecule has 2 atom stereocenters. The lowest BCUT2D eigenvalue weighted by atomic mass is 10.1. The summed E-state index contributed by atoms with van der Waals surface area (Å²) < 4.78 is 20.0. The van der Waals surface area contributed by atoms with Crippen molar-refractivity contribution >= 4 is 50.7 Å². The van der Waals surface area contributed by atoms with Crippen LogP contribution in [-0.2, 0) is 4.79 Å². The Kier molecular flexibility index (Phi) is 6.29. The highest BCUT2D eigenvalue weighted by molar-refractivity contribution is 9.10. The number of carbonyl (C=O) groups excluding carboxylic acids is 2. The molecule has 0 bridgehead atoms. The maximum atomic E-state index is 14.5. The van der Waals surface area contributed by atoms with Gasteiger partial charge in [0.2, 0.25) is 0 Å². The molecule has 9 nitrogen and oxygen atoms in total. The number of carbonyl (C=O) groups is 2. The Morgan fingerprint density at radius 3 is 2.73 bits per heavy atom. The molecule has 1 aliphatic rings. The fourth-order valence-electron chi connectivity index (χ4n) is 2.59. The molecule has 1 aromatic heterocycles. The molecule has 2 aromatic rings. The standard InChI is InChI=1S/C18H16BrFN4O5S/c1-7(14(25)9-5-22-6-23-16(9)21)29-10-3-8(12(19)13(20)15(10)26)4-11-17(27)24(2)18(28)30-11/h3-7,14,25-26H,1-2H3,(H2,21,22,23)/b11-4-. The summed E-state index contributed by atoms with van der Waals surface area (Å²) in [4.78, 5) is 32.4. The minimum atomic E-state index is -1.27. The Morgan fingerprint density at radius 1 is 1.43 bits per heavy atom. The van der Waals surface area contributed by atoms with E-state index in [1.807, 2.05) is 0 Å². The van der Waals surface area contributed by atoms with Gasteiger partial charge in [0.05, 0.1) is 9.38 Å². The molecule has 2 heterocycles. The maximum absolute atomic E-state index is 14.5. The van der Waals surface area contributed by atoms with Crippen molar-refractivity contribution in [1.29, 1.82) is 0 Å². The van der Waals surface area contributed by atoms with E-state index in [2.05, 4.69) is 25.9 Å². The summed E-state index contributed by atoms with van der Waals surface area (Å²) in [7, 11) is 1.33. The molecule has 0 aliphatic carbocycles. The number of thioether (sulfide) groups is 1. The third-order valence-electron chi connectivity index (χ3n) is 4.30. The number of ether oxygens (including phenoxy) is 1. The number of rotatable bonds is 5. The van der Waals surface area contributed by atoms with Crippen LogP contribution >= 0.6 is 27.7 Å². The molecule has 3 rings (SSSR count). The molecule has 2 unspecified atom stereocenters. The monoisotopic (exact) mass is 498 g/mol. The molecule has 1 fully saturated rings. The summed E-state index contributed by atoms with van der Waals surface area (Å²) in [6.45, 7) is 1.48. The number of amides is 2. The van der Waals surface area contributed by atoms with Gasteiger partial charge in [-0.2, -0.15) is 0 Å². The number of imide groups is 1. The molecule has 0 radical (unpaired) electrons. The van der Waals surface area contributed by atoms with Crippen molar-refractivity contribution in [3.05, 3.63) is 44.9 Å². The highest BCUT2D eigenvalue weighted by Crippen LogP contribution is 2.40. The predicted molar refractivity (Wildman–Crippen MR) is 111 cm³/mol. The average Bonchev–Trinajstić information content (AvgIpc) is 2.96. The minimum absolute atomic E-state index is 0.0511. The smallest absolute Gasteiger partial charge is 0.293 e. The molecule has 158 valence electrons. The Bertz CT molecular complexity index is 1070. The van der Waals surface area contributed by atoms with E-state index in [9.17, 15) is 24.2 Å². The minimum Gasteiger partial charge on any atom is -0.502 e. The maximum Gasteiger partial charge on any atom is 0.293 e. The number of nitrogens with two attached hydrogens (primary N) is 1. The topological polar surface area (TPSA) is 139 Å². The molecular formula is C18H16BrFN4O5S. The van der Waals surface area contributed by atoms with Crippen molar-refractivity contribution in [2.24, 2.45) is 0 Å². The number of likely N-dealkylation sites (N-methyl/N-ethyl adjacent to an activating group) is 1. The summed E-state index contributed by atoms with van der Waals surface area (Å²) in [6.07, 6.45) is 1.61. The summed E-state index contributed by atoms with van der Waals surface area (Å²) in [5, 5.41) is 20.1. The number of aromatic nitrogens is 2. The van der Waals surface area contributed by atoms with Gasteiger partial charge in [0, 0.05) is 18.8 Å². The molecule has 4 N–H and O–H groups in total. The number of benzene rings is 1. The van der Waals surface area contributed by atoms with Gasteiger partial charge in [-0.25, -0.2) is 14.4 Å². The van der Waals surface area contributed by atoms with Gasteiger partial charge in [-0.15, -0.1) is 0 Å². The van der Waals surface area contributed by atoms with Crippen molar-refractivity contribution < 1.29 is 28.9 Å². The van der Waals surface area contributed by atoms with E-state index in [0.29, 0.717) is 11.8 Å². The van der Waals surface area contributed by atoms with Gasteiger partial charge in [-0.05, 0) is 52.3 Å². The van der Waals surface area contributed by atoms with Gasteiger partial charge in [0.25, 0.3) is 11.1 Å². The molecule has 12 heteroatoms. The largest absolute Gasteiger partial charge is 0.502 e. The van der Waals surface area contributed by atoms with Gasteiger partial charge < -0.3 is 20.7 Å². The van der Waals surface area contributed by atoms with Gasteiger partial charge >= 0.3 is 0 Å². The van der Waals surface area contributed by atoms with Crippen LogP contribution in [0.2, 0.25) is 0 Å². The second-order valence-corrected chi connectivity index (χ2v) is 8.10. The summed E-state index contributed by atoms with van der Waals surface area (Å²) in [5.41, 5.74) is 6.09. The Morgan fingerprint density at radius 2 is 2.13 bits per heavy atom. The lowest BCUT2D eigenvalue weighted by Crippen LogP contribution is -2.23. The lowest BCUT2D eigenvalue weighted by Gasteiger charge is -2.22. The molecule has 1 aromatic carbocycles. The van der Waals surface area contributed by atoms with Gasteiger partial charge in [0.1, 0.15) is 24.4 Å². The Labute approximate surface area is 182 Å². The summed E-state index contributed by atoms with van der Waals surface area (Å²) >= 11 is 3.73. The third-order valence-corrected chi connectivity index (χ3v) is 6.06. The lowest BCUT2D eigenvalue weighted by molar-refractivity contribution is -0.121. The zero-order chi connectivity index (χ0) is 22.2. The number of phenols is 1. The second-order valence-electron chi connectivity index (χ2n) is 6.31. The SMILES string of the molecule is CC(Oc1cc(/C=C2\SC(=O)N(C)C2=O)c(Br)c(F)c1O)C(O)c1cncnc1N. The average molecular weight is 499 g/mol. The Hall–Kier alpha value is -2.70. The van der Waals surface area contributed by atoms with E-state index in [1.165, 1.54) is 38.6 Å². The van der Waals surface area contributed by atoms with E-state index in [0.717, 1.165) is 4.90 Å². The highest BCUT2D eigenvalue weighted by atomic mass is 79.9. The number of nitrogens with zero attached hydrogens (tertiary/aromatic N) is 3. The number of hydrogen-bond acceptors (Lipinski definition) is 9. The zero-order valence-corrected chi connectivity index (χ0v) is 18.1. The van der Waals surface area contributed by atoms with E-state index in [1.54, 1.807) is 0 Å². The predicted octanol–water partition coefficient (Wildman–Crippen LogP) is 2.83. The van der Waals surface area contributed by atoms with Crippen molar-refractivity contribution in [3.63, 3.8) is 0 Å². The Balaban J connectivity index is 1.93. The summed E-state index contributed by atoms with van der Waals surface area (Å²) in [6, 6.07) is 1.28. The van der Waals surface area contributed by atoms with Gasteiger partial charge in [0.15, 0.2) is 17.3 Å². The third kappa shape index (κ3) is 4.11. The molecular weight excluding hydrogens is 483 g/mol. The van der Waals surface area contributed by atoms with Crippen LogP contribution < -0.4 is 10.5 Å². The van der Waals surface area contributed by atoms with Crippen molar-refractivity contribution in [3.8, 4) is 11.5 Å². The molecule has 0 spiro atoms. The highest BCUT2D eigenvalue weighted by Gasteiger charge is 2.32. The zero-order valence-electron chi connectivity index (χ0n) is 15.7. The van der Waals surface area contributed by atoms with Gasteiger partial charge in [-0.1, -0.05) is 0 Å². The fourth-order valence-corrected chi connectivity index (χ4v) is 3.82. The van der Waals surface area contributed by atoms with Crippen LogP contribution in [0.4, 0.5) is 15.0 Å². The second kappa shape index (κ2) is 8.58. The van der Waals surface area contributed by atoms with Crippen LogP contribution in [0.5, 0.6) is 11.5 Å². The number of aliphatic hydroxyl groups excluding tert-OH is 1. The first kappa shape index (κ1) is 22.0. The number of aliphatic hydroxyl groups is 1. The first-order chi connectivity index (χ1) is 14.1. The van der Waals surface area contributed by atoms with Crippen molar-refractivity contribution in [2.45, 2.75) is 19.1 Å². The van der Waals surface area contributed by atoms with Crippen LogP contribution in [0.3, 0.4) is 0 Å². The van der Waals surface area contributed by atoms with E-state index < -0.39 is 34.9 Å². The van der Waals surface area contributed by atoms with Crippen LogP contribution in [0.15, 0.2) is 28.0 Å². The van der Waals surface area contributed by atoms with Crippen LogP contribution in [0, 0.1) is 5.82 Å². The first-order valence-electron chi connectivity index (χ1n) is 8.44. The molecule has 1 saturated heterocycles. The number of nitrogen functional groups attached to an aromatic ring is 1. The molecule has 2 amide bonds. The van der Waals surface area contributed by atoms with Crippen LogP contribution in [0.25, 0.3) is 6.08 Å².